The van der Waals surface area contributed by atoms with Gasteiger partial charge >= 0.3 is 0 Å². The Morgan fingerprint density at radius 3 is 2.17 bits per heavy atom. The van der Waals surface area contributed by atoms with Crippen LogP contribution in [0.4, 0.5) is 5.69 Å². The van der Waals surface area contributed by atoms with E-state index in [9.17, 15) is 19.2 Å². The number of fused-ring (bicyclic) bond motifs is 6. The van der Waals surface area contributed by atoms with Crippen LogP contribution in [0.1, 0.15) is 49.5 Å². The van der Waals surface area contributed by atoms with E-state index in [1.165, 1.54) is 0 Å². The lowest BCUT2D eigenvalue weighted by atomic mass is 9.60. The standard InChI is InChI=1S/C29H22N2O4/c32-23(17-9-2-1-3-10-17)24-28(20-13-6-7-14-21(20)30-27(28)35)22-15-8-16-31(22)29(24)25(33)18-11-4-5-12-19(18)26(29)34/h1-7,9-14,22,24H,8,15-16H2,(H,30,35)/t22-,24-,28+/m1/s1. The molecular weight excluding hydrogens is 440 g/mol. The van der Waals surface area contributed by atoms with Crippen molar-refractivity contribution < 1.29 is 19.2 Å². The molecule has 2 fully saturated rings. The van der Waals surface area contributed by atoms with E-state index in [1.54, 1.807) is 48.5 Å². The Morgan fingerprint density at radius 1 is 0.829 bits per heavy atom. The number of hydrogen-bond donors (Lipinski definition) is 1. The maximum atomic E-state index is 14.5. The first kappa shape index (κ1) is 20.5. The minimum atomic E-state index is -1.74. The Balaban J connectivity index is 1.58. The van der Waals surface area contributed by atoms with Crippen LogP contribution in [0.3, 0.4) is 0 Å². The number of Topliss-reactive ketones (excluding diaryl/α,β-unsaturated/α-hetero) is 3. The van der Waals surface area contributed by atoms with Crippen molar-refractivity contribution in [2.24, 2.45) is 5.92 Å². The topological polar surface area (TPSA) is 83.6 Å². The molecule has 3 aliphatic heterocycles. The third kappa shape index (κ3) is 2.19. The van der Waals surface area contributed by atoms with E-state index in [-0.39, 0.29) is 23.3 Å². The fraction of sp³-hybridized carbons (Fsp3) is 0.241. The van der Waals surface area contributed by atoms with Crippen molar-refractivity contribution in [3.8, 4) is 0 Å². The van der Waals surface area contributed by atoms with Gasteiger partial charge in [-0.25, -0.2) is 0 Å². The summed E-state index contributed by atoms with van der Waals surface area (Å²) in [5.41, 5.74) is -0.686. The van der Waals surface area contributed by atoms with E-state index in [4.69, 9.17) is 0 Å². The van der Waals surface area contributed by atoms with Crippen LogP contribution in [0.15, 0.2) is 78.9 Å². The third-order valence-corrected chi connectivity index (χ3v) is 8.53. The summed E-state index contributed by atoms with van der Waals surface area (Å²) in [4.78, 5) is 59.1. The average molecular weight is 463 g/mol. The van der Waals surface area contributed by atoms with Gasteiger partial charge in [-0.3, -0.25) is 24.1 Å². The lowest BCUT2D eigenvalue weighted by Crippen LogP contribution is -2.60. The zero-order valence-electron chi connectivity index (χ0n) is 18.9. The predicted molar refractivity (Wildman–Crippen MR) is 129 cm³/mol. The Labute approximate surface area is 201 Å². The van der Waals surface area contributed by atoms with Gasteiger partial charge in [-0.15, -0.1) is 0 Å². The number of nitrogens with one attached hydrogen (secondary N) is 1. The zero-order valence-corrected chi connectivity index (χ0v) is 18.9. The van der Waals surface area contributed by atoms with Crippen LogP contribution in [0.5, 0.6) is 0 Å². The van der Waals surface area contributed by atoms with E-state index >= 15 is 0 Å². The molecule has 1 aliphatic carbocycles. The molecule has 6 heteroatoms. The number of hydrogen-bond acceptors (Lipinski definition) is 5. The molecule has 0 bridgehead atoms. The van der Waals surface area contributed by atoms with Gasteiger partial charge in [0.2, 0.25) is 5.91 Å². The molecule has 172 valence electrons. The van der Waals surface area contributed by atoms with Gasteiger partial charge in [-0.1, -0.05) is 72.8 Å². The molecular formula is C29H22N2O4. The van der Waals surface area contributed by atoms with Crippen LogP contribution in [0, 0.1) is 5.92 Å². The highest BCUT2D eigenvalue weighted by Crippen LogP contribution is 2.63. The molecule has 3 atom stereocenters. The largest absolute Gasteiger partial charge is 0.325 e. The number of nitrogens with zero attached hydrogens (tertiary/aromatic N) is 1. The molecule has 2 spiro atoms. The Kier molecular flexibility index (Phi) is 3.99. The summed E-state index contributed by atoms with van der Waals surface area (Å²) in [6.07, 6.45) is 1.37. The number of carbonyl (C=O) groups excluding carboxylic acids is 4. The minimum absolute atomic E-state index is 0.307. The van der Waals surface area contributed by atoms with Gasteiger partial charge in [0, 0.05) is 28.4 Å². The van der Waals surface area contributed by atoms with Gasteiger partial charge in [0.1, 0.15) is 5.41 Å². The maximum Gasteiger partial charge on any atom is 0.237 e. The van der Waals surface area contributed by atoms with Gasteiger partial charge in [-0.2, -0.15) is 0 Å². The molecule has 0 radical (unpaired) electrons. The molecule has 2 saturated heterocycles. The first-order valence-corrected chi connectivity index (χ1v) is 12.0. The predicted octanol–water partition coefficient (Wildman–Crippen LogP) is 3.67. The summed E-state index contributed by atoms with van der Waals surface area (Å²) in [5.74, 6) is -2.57. The van der Waals surface area contributed by atoms with Crippen molar-refractivity contribution in [3.63, 3.8) is 0 Å². The summed E-state index contributed by atoms with van der Waals surface area (Å²) < 4.78 is 0. The highest BCUT2D eigenvalue weighted by molar-refractivity contribution is 6.36. The summed E-state index contributed by atoms with van der Waals surface area (Å²) in [5, 5.41) is 3.00. The average Bonchev–Trinajstić information content (AvgIpc) is 3.60. The number of benzene rings is 3. The van der Waals surface area contributed by atoms with Crippen LogP contribution in [0.25, 0.3) is 0 Å². The van der Waals surface area contributed by atoms with Crippen LogP contribution in [-0.4, -0.2) is 46.3 Å². The van der Waals surface area contributed by atoms with E-state index in [2.05, 4.69) is 5.32 Å². The quantitative estimate of drug-likeness (QED) is 0.464. The van der Waals surface area contributed by atoms with E-state index in [1.807, 2.05) is 35.2 Å². The number of amides is 1. The number of anilines is 1. The Morgan fingerprint density at radius 2 is 1.46 bits per heavy atom. The van der Waals surface area contributed by atoms with Gasteiger partial charge < -0.3 is 5.32 Å². The van der Waals surface area contributed by atoms with Crippen molar-refractivity contribution in [1.29, 1.82) is 0 Å². The molecule has 3 aromatic carbocycles. The van der Waals surface area contributed by atoms with Crippen LogP contribution >= 0.6 is 0 Å². The van der Waals surface area contributed by atoms with E-state index < -0.39 is 22.9 Å². The summed E-state index contributed by atoms with van der Waals surface area (Å²) in [7, 11) is 0. The number of para-hydroxylation sites is 1. The number of rotatable bonds is 2. The molecule has 35 heavy (non-hydrogen) atoms. The highest BCUT2D eigenvalue weighted by Gasteiger charge is 2.80. The summed E-state index contributed by atoms with van der Waals surface area (Å²) in [6.45, 7) is 0.478. The maximum absolute atomic E-state index is 14.5. The van der Waals surface area contributed by atoms with Gasteiger partial charge in [0.25, 0.3) is 0 Å². The molecule has 7 rings (SSSR count). The number of carbonyl (C=O) groups is 4. The van der Waals surface area contributed by atoms with E-state index in [0.717, 1.165) is 6.42 Å². The first-order chi connectivity index (χ1) is 17.0. The molecule has 1 N–H and O–H groups in total. The summed E-state index contributed by atoms with van der Waals surface area (Å²) in [6, 6.07) is 22.5. The monoisotopic (exact) mass is 462 g/mol. The minimum Gasteiger partial charge on any atom is -0.325 e. The number of ketones is 3. The highest BCUT2D eigenvalue weighted by atomic mass is 16.2. The molecule has 0 saturated carbocycles. The van der Waals surface area contributed by atoms with Crippen molar-refractivity contribution >= 4 is 28.9 Å². The normalized spacial score (nSPS) is 27.8. The first-order valence-electron chi connectivity index (χ1n) is 12.0. The second-order valence-electron chi connectivity index (χ2n) is 9.85. The Bertz CT molecular complexity index is 1430. The van der Waals surface area contributed by atoms with Crippen molar-refractivity contribution in [2.45, 2.75) is 29.8 Å². The van der Waals surface area contributed by atoms with Crippen molar-refractivity contribution in [2.75, 3.05) is 11.9 Å². The van der Waals surface area contributed by atoms with Crippen LogP contribution in [0.2, 0.25) is 0 Å². The Hall–Kier alpha value is -3.90. The fourth-order valence-electron chi connectivity index (χ4n) is 7.35. The molecule has 3 aromatic rings. The lowest BCUT2D eigenvalue weighted by molar-refractivity contribution is -0.122. The lowest BCUT2D eigenvalue weighted by Gasteiger charge is -2.37. The van der Waals surface area contributed by atoms with Crippen molar-refractivity contribution in [3.05, 3.63) is 101 Å². The van der Waals surface area contributed by atoms with Gasteiger partial charge in [-0.05, 0) is 31.0 Å². The van der Waals surface area contributed by atoms with Crippen molar-refractivity contribution in [1.82, 2.24) is 4.90 Å². The van der Waals surface area contributed by atoms with Gasteiger partial charge in [0.05, 0.1) is 5.92 Å². The molecule has 6 nitrogen and oxygen atoms in total. The zero-order chi connectivity index (χ0) is 23.9. The second-order valence-corrected chi connectivity index (χ2v) is 9.85. The SMILES string of the molecule is O=C(c1ccccc1)[C@H]1C2(C(=O)c3ccccc3C2=O)N2CCC[C@@H]2[C@]12C(=O)Nc1ccccc12. The summed E-state index contributed by atoms with van der Waals surface area (Å²) >= 11 is 0. The van der Waals surface area contributed by atoms with Crippen LogP contribution < -0.4 is 5.32 Å². The molecule has 0 unspecified atom stereocenters. The molecule has 0 aromatic heterocycles. The fourth-order valence-corrected chi connectivity index (χ4v) is 7.35. The molecule has 4 aliphatic rings. The second kappa shape index (κ2) is 6.83. The van der Waals surface area contributed by atoms with E-state index in [0.29, 0.717) is 40.9 Å². The molecule has 3 heterocycles. The van der Waals surface area contributed by atoms with Gasteiger partial charge in [0.15, 0.2) is 22.9 Å². The molecule has 1 amide bonds. The smallest absolute Gasteiger partial charge is 0.237 e. The third-order valence-electron chi connectivity index (χ3n) is 8.53. The van der Waals surface area contributed by atoms with Crippen LogP contribution in [-0.2, 0) is 10.2 Å².